The molecule has 1 aliphatic rings. The third kappa shape index (κ3) is 4.31. The van der Waals surface area contributed by atoms with E-state index in [1.54, 1.807) is 0 Å². The van der Waals surface area contributed by atoms with Crippen LogP contribution in [-0.4, -0.2) is 33.8 Å². The number of amides is 1. The van der Waals surface area contributed by atoms with Crippen LogP contribution in [0.3, 0.4) is 0 Å². The Labute approximate surface area is 140 Å². The molecule has 3 rings (SSSR count). The van der Waals surface area contributed by atoms with Gasteiger partial charge in [-0.05, 0) is 37.1 Å². The van der Waals surface area contributed by atoms with E-state index in [1.165, 1.54) is 30.7 Å². The predicted octanol–water partition coefficient (Wildman–Crippen LogP) is 1.88. The molecule has 1 aromatic heterocycles. The highest BCUT2D eigenvalue weighted by atomic mass is 19.1. The van der Waals surface area contributed by atoms with E-state index in [9.17, 15) is 9.18 Å². The second-order valence-electron chi connectivity index (χ2n) is 5.84. The minimum atomic E-state index is -0.334. The summed E-state index contributed by atoms with van der Waals surface area (Å²) >= 11 is 0. The van der Waals surface area contributed by atoms with Crippen molar-refractivity contribution in [3.63, 3.8) is 0 Å². The van der Waals surface area contributed by atoms with Crippen molar-refractivity contribution in [1.82, 2.24) is 20.1 Å². The van der Waals surface area contributed by atoms with Gasteiger partial charge in [-0.15, -0.1) is 10.2 Å². The van der Waals surface area contributed by atoms with Gasteiger partial charge in [0, 0.05) is 25.9 Å². The van der Waals surface area contributed by atoms with Crippen molar-refractivity contribution in [1.29, 1.82) is 0 Å². The molecule has 0 saturated heterocycles. The van der Waals surface area contributed by atoms with Gasteiger partial charge in [0.25, 0.3) is 5.91 Å². The fourth-order valence-corrected chi connectivity index (χ4v) is 2.77. The third-order valence-corrected chi connectivity index (χ3v) is 4.04. The molecule has 0 bridgehead atoms. The summed E-state index contributed by atoms with van der Waals surface area (Å²) in [6.45, 7) is 1.35. The van der Waals surface area contributed by atoms with Crippen LogP contribution in [0.2, 0.25) is 0 Å². The van der Waals surface area contributed by atoms with Crippen molar-refractivity contribution in [2.75, 3.05) is 13.2 Å². The van der Waals surface area contributed by atoms with Gasteiger partial charge in [-0.2, -0.15) is 0 Å². The molecule has 0 spiro atoms. The molecule has 0 radical (unpaired) electrons. The van der Waals surface area contributed by atoms with E-state index in [0.29, 0.717) is 18.7 Å². The van der Waals surface area contributed by atoms with Crippen LogP contribution in [-0.2, 0) is 24.2 Å². The molecule has 2 aromatic rings. The normalized spacial score (nSPS) is 13.9. The first kappa shape index (κ1) is 16.4. The second kappa shape index (κ2) is 7.90. The van der Waals surface area contributed by atoms with Gasteiger partial charge in [0.15, 0.2) is 6.61 Å². The number of rotatable bonds is 6. The molecule has 0 unspecified atom stereocenters. The van der Waals surface area contributed by atoms with Crippen molar-refractivity contribution in [3.05, 3.63) is 41.7 Å². The summed E-state index contributed by atoms with van der Waals surface area (Å²) in [6.07, 6.45) is 5.16. The molecule has 128 valence electrons. The minimum Gasteiger partial charge on any atom is -0.484 e. The first-order valence-corrected chi connectivity index (χ1v) is 8.28. The maximum atomic E-state index is 12.8. The summed E-state index contributed by atoms with van der Waals surface area (Å²) in [4.78, 5) is 11.8. The van der Waals surface area contributed by atoms with Crippen LogP contribution in [0, 0.1) is 5.82 Å². The molecule has 0 saturated carbocycles. The summed E-state index contributed by atoms with van der Waals surface area (Å²) < 4.78 is 20.3. The Morgan fingerprint density at radius 1 is 1.21 bits per heavy atom. The molecule has 0 atom stereocenters. The first-order valence-electron chi connectivity index (χ1n) is 8.28. The summed E-state index contributed by atoms with van der Waals surface area (Å²) in [5.74, 6) is 1.89. The van der Waals surface area contributed by atoms with Gasteiger partial charge >= 0.3 is 0 Å². The largest absolute Gasteiger partial charge is 0.484 e. The van der Waals surface area contributed by atoms with Gasteiger partial charge in [-0.3, -0.25) is 4.79 Å². The van der Waals surface area contributed by atoms with Crippen molar-refractivity contribution in [3.8, 4) is 5.75 Å². The summed E-state index contributed by atoms with van der Waals surface area (Å²) in [5.41, 5.74) is 0. The van der Waals surface area contributed by atoms with Crippen LogP contribution in [0.15, 0.2) is 24.3 Å². The highest BCUT2D eigenvalue weighted by molar-refractivity contribution is 5.77. The highest BCUT2D eigenvalue weighted by Crippen LogP contribution is 2.14. The van der Waals surface area contributed by atoms with Crippen LogP contribution in [0.5, 0.6) is 5.75 Å². The molecular formula is C17H21FN4O2. The van der Waals surface area contributed by atoms with Crippen molar-refractivity contribution in [2.24, 2.45) is 0 Å². The van der Waals surface area contributed by atoms with E-state index in [0.717, 1.165) is 37.5 Å². The number of carbonyl (C=O) groups is 1. The van der Waals surface area contributed by atoms with Crippen LogP contribution in [0.4, 0.5) is 4.39 Å². The zero-order valence-electron chi connectivity index (χ0n) is 13.5. The molecular weight excluding hydrogens is 311 g/mol. The Bertz CT molecular complexity index is 684. The van der Waals surface area contributed by atoms with Crippen molar-refractivity contribution in [2.45, 2.75) is 38.6 Å². The second-order valence-corrected chi connectivity index (χ2v) is 5.84. The zero-order valence-corrected chi connectivity index (χ0v) is 13.5. The Hall–Kier alpha value is -2.44. The fourth-order valence-electron chi connectivity index (χ4n) is 2.77. The quantitative estimate of drug-likeness (QED) is 0.877. The summed E-state index contributed by atoms with van der Waals surface area (Å²) in [5, 5.41) is 11.3. The fraction of sp³-hybridized carbons (Fsp3) is 0.471. The van der Waals surface area contributed by atoms with E-state index in [4.69, 9.17) is 4.74 Å². The van der Waals surface area contributed by atoms with Gasteiger partial charge in [0.1, 0.15) is 23.2 Å². The number of hydrogen-bond donors (Lipinski definition) is 1. The SMILES string of the molecule is O=C(COc1ccc(F)cc1)NCCc1nnc2n1CCCCC2. The topological polar surface area (TPSA) is 69.0 Å². The Morgan fingerprint density at radius 3 is 2.88 bits per heavy atom. The number of nitrogens with one attached hydrogen (secondary N) is 1. The van der Waals surface area contributed by atoms with Crippen LogP contribution >= 0.6 is 0 Å². The Kier molecular flexibility index (Phi) is 5.40. The number of ether oxygens (including phenoxy) is 1. The van der Waals surface area contributed by atoms with Crippen LogP contribution in [0.25, 0.3) is 0 Å². The van der Waals surface area contributed by atoms with Gasteiger partial charge in [0.2, 0.25) is 0 Å². The number of aromatic nitrogens is 3. The molecule has 1 amide bonds. The molecule has 0 fully saturated rings. The maximum absolute atomic E-state index is 12.8. The monoisotopic (exact) mass is 332 g/mol. The lowest BCUT2D eigenvalue weighted by molar-refractivity contribution is -0.123. The van der Waals surface area contributed by atoms with Crippen molar-refractivity contribution < 1.29 is 13.9 Å². The standard InChI is InChI=1S/C17H21FN4O2/c18-13-5-7-14(8-6-13)24-12-17(23)19-10-9-16-21-20-15-4-2-1-3-11-22(15)16/h5-8H,1-4,9-12H2,(H,19,23). The molecule has 2 heterocycles. The molecule has 6 nitrogen and oxygen atoms in total. The highest BCUT2D eigenvalue weighted by Gasteiger charge is 2.14. The minimum absolute atomic E-state index is 0.0937. The number of halogens is 1. The number of aryl methyl sites for hydroxylation is 1. The lowest BCUT2D eigenvalue weighted by Crippen LogP contribution is -2.31. The van der Waals surface area contributed by atoms with Crippen LogP contribution in [0.1, 0.15) is 30.9 Å². The van der Waals surface area contributed by atoms with Crippen molar-refractivity contribution >= 4 is 5.91 Å². The molecule has 24 heavy (non-hydrogen) atoms. The number of nitrogens with zero attached hydrogens (tertiary/aromatic N) is 3. The third-order valence-electron chi connectivity index (χ3n) is 4.04. The summed E-state index contributed by atoms with van der Waals surface area (Å²) in [6, 6.07) is 5.58. The van der Waals surface area contributed by atoms with Gasteiger partial charge in [-0.25, -0.2) is 4.39 Å². The van der Waals surface area contributed by atoms with E-state index in [2.05, 4.69) is 20.1 Å². The molecule has 1 N–H and O–H groups in total. The lowest BCUT2D eigenvalue weighted by atomic mass is 10.2. The lowest BCUT2D eigenvalue weighted by Gasteiger charge is -2.09. The number of benzene rings is 1. The molecule has 1 aromatic carbocycles. The van der Waals surface area contributed by atoms with E-state index < -0.39 is 0 Å². The van der Waals surface area contributed by atoms with E-state index >= 15 is 0 Å². The molecule has 7 heteroatoms. The Morgan fingerprint density at radius 2 is 2.04 bits per heavy atom. The first-order chi connectivity index (χ1) is 11.7. The molecule has 1 aliphatic heterocycles. The van der Waals surface area contributed by atoms with Crippen LogP contribution < -0.4 is 10.1 Å². The number of carbonyl (C=O) groups excluding carboxylic acids is 1. The van der Waals surface area contributed by atoms with E-state index in [1.807, 2.05) is 0 Å². The van der Waals surface area contributed by atoms with Gasteiger partial charge in [0.05, 0.1) is 0 Å². The average Bonchev–Trinajstić information content (AvgIpc) is 2.81. The van der Waals surface area contributed by atoms with E-state index in [-0.39, 0.29) is 18.3 Å². The smallest absolute Gasteiger partial charge is 0.257 e. The number of fused-ring (bicyclic) bond motifs is 1. The zero-order chi connectivity index (χ0) is 16.8. The number of hydrogen-bond acceptors (Lipinski definition) is 4. The summed E-state index contributed by atoms with van der Waals surface area (Å²) in [7, 11) is 0. The average molecular weight is 332 g/mol. The Balaban J connectivity index is 1.42. The van der Waals surface area contributed by atoms with Gasteiger partial charge < -0.3 is 14.6 Å². The maximum Gasteiger partial charge on any atom is 0.257 e. The predicted molar refractivity (Wildman–Crippen MR) is 86.2 cm³/mol. The van der Waals surface area contributed by atoms with Gasteiger partial charge in [-0.1, -0.05) is 6.42 Å². The molecule has 0 aliphatic carbocycles.